The van der Waals surface area contributed by atoms with Gasteiger partial charge in [0.2, 0.25) is 0 Å². The van der Waals surface area contributed by atoms with Crippen LogP contribution in [0.1, 0.15) is 66.7 Å². The molecule has 28 heavy (non-hydrogen) atoms. The van der Waals surface area contributed by atoms with Gasteiger partial charge in [0.05, 0.1) is 13.2 Å². The first-order chi connectivity index (χ1) is 13.4. The maximum Gasteiger partial charge on any atom is 0.0608 e. The summed E-state index contributed by atoms with van der Waals surface area (Å²) in [6.07, 6.45) is 7.09. The molecule has 0 unspecified atom stereocenters. The molecular weight excluding hydrogens is 348 g/mol. The predicted molar refractivity (Wildman–Crippen MR) is 122 cm³/mol. The van der Waals surface area contributed by atoms with E-state index in [-0.39, 0.29) is 0 Å². The van der Waals surface area contributed by atoms with E-state index in [4.69, 9.17) is 4.74 Å². The number of piperidine rings is 2. The summed E-state index contributed by atoms with van der Waals surface area (Å²) in [5.74, 6) is 0. The molecule has 3 aliphatic heterocycles. The molecule has 3 rings (SSSR count). The SMILES string of the molecule is C=C.CC(C)(C)N1CCC(N2CCCCC2)CC1.CC(C)NN1CCOCC1. The minimum Gasteiger partial charge on any atom is -0.379 e. The Balaban J connectivity index is 0.000000281. The number of likely N-dealkylation sites (tertiary alicyclic amines) is 2. The van der Waals surface area contributed by atoms with Crippen molar-refractivity contribution in [3.8, 4) is 0 Å². The van der Waals surface area contributed by atoms with Crippen LogP contribution in [0.15, 0.2) is 13.2 Å². The number of hydrogen-bond acceptors (Lipinski definition) is 5. The van der Waals surface area contributed by atoms with Crippen LogP contribution >= 0.6 is 0 Å². The summed E-state index contributed by atoms with van der Waals surface area (Å²) < 4.78 is 5.20. The van der Waals surface area contributed by atoms with Gasteiger partial charge in [-0.1, -0.05) is 6.42 Å². The van der Waals surface area contributed by atoms with Gasteiger partial charge in [-0.25, -0.2) is 5.01 Å². The molecule has 0 aromatic rings. The van der Waals surface area contributed by atoms with Crippen molar-refractivity contribution < 1.29 is 4.74 Å². The second kappa shape index (κ2) is 13.7. The maximum atomic E-state index is 5.20. The van der Waals surface area contributed by atoms with Crippen LogP contribution in [0.3, 0.4) is 0 Å². The van der Waals surface area contributed by atoms with E-state index >= 15 is 0 Å². The molecule has 166 valence electrons. The number of nitrogens with one attached hydrogen (secondary N) is 1. The Hall–Kier alpha value is -0.460. The van der Waals surface area contributed by atoms with E-state index in [1.165, 1.54) is 58.3 Å². The van der Waals surface area contributed by atoms with Crippen LogP contribution in [0, 0.1) is 0 Å². The highest BCUT2D eigenvalue weighted by atomic mass is 16.5. The van der Waals surface area contributed by atoms with Gasteiger partial charge < -0.3 is 9.64 Å². The number of ether oxygens (including phenoxy) is 1. The van der Waals surface area contributed by atoms with E-state index in [9.17, 15) is 0 Å². The van der Waals surface area contributed by atoms with Gasteiger partial charge in [-0.3, -0.25) is 10.3 Å². The molecule has 0 aromatic heterocycles. The average molecular weight is 397 g/mol. The molecule has 0 aliphatic carbocycles. The second-order valence-electron chi connectivity index (χ2n) is 9.37. The fourth-order valence-electron chi connectivity index (χ4n) is 4.24. The van der Waals surface area contributed by atoms with Gasteiger partial charge in [-0.05, 0) is 73.4 Å². The van der Waals surface area contributed by atoms with Crippen molar-refractivity contribution in [1.29, 1.82) is 0 Å². The van der Waals surface area contributed by atoms with Crippen molar-refractivity contribution in [2.24, 2.45) is 0 Å². The molecule has 0 amide bonds. The molecule has 0 radical (unpaired) electrons. The minimum atomic E-state index is 0.368. The number of nitrogens with zero attached hydrogens (tertiary/aromatic N) is 3. The van der Waals surface area contributed by atoms with Gasteiger partial charge in [0.1, 0.15) is 0 Å². The van der Waals surface area contributed by atoms with Gasteiger partial charge in [0.15, 0.2) is 0 Å². The zero-order valence-electron chi connectivity index (χ0n) is 19.5. The summed E-state index contributed by atoms with van der Waals surface area (Å²) in [5, 5.41) is 2.22. The molecule has 3 fully saturated rings. The summed E-state index contributed by atoms with van der Waals surface area (Å²) >= 11 is 0. The minimum absolute atomic E-state index is 0.368. The molecule has 5 heteroatoms. The Kier molecular flexibility index (Phi) is 12.5. The lowest BCUT2D eigenvalue weighted by molar-refractivity contribution is 0.00647. The Morgan fingerprint density at radius 3 is 1.86 bits per heavy atom. The fourth-order valence-corrected chi connectivity index (χ4v) is 4.24. The van der Waals surface area contributed by atoms with E-state index in [0.29, 0.717) is 11.6 Å². The van der Waals surface area contributed by atoms with E-state index in [2.05, 4.69) is 68.0 Å². The van der Waals surface area contributed by atoms with E-state index < -0.39 is 0 Å². The smallest absolute Gasteiger partial charge is 0.0608 e. The molecule has 5 nitrogen and oxygen atoms in total. The van der Waals surface area contributed by atoms with Crippen molar-refractivity contribution in [1.82, 2.24) is 20.2 Å². The highest BCUT2D eigenvalue weighted by Crippen LogP contribution is 2.24. The summed E-state index contributed by atoms with van der Waals surface area (Å²) in [7, 11) is 0. The number of rotatable bonds is 3. The Morgan fingerprint density at radius 2 is 1.39 bits per heavy atom. The molecule has 0 aromatic carbocycles. The third-order valence-electron chi connectivity index (χ3n) is 5.77. The Labute approximate surface area is 175 Å². The quantitative estimate of drug-likeness (QED) is 0.734. The van der Waals surface area contributed by atoms with E-state index in [1.54, 1.807) is 0 Å². The maximum absolute atomic E-state index is 5.20. The van der Waals surface area contributed by atoms with Crippen LogP contribution < -0.4 is 5.43 Å². The first kappa shape index (κ1) is 25.6. The third kappa shape index (κ3) is 9.84. The Bertz CT molecular complexity index is 377. The summed E-state index contributed by atoms with van der Waals surface area (Å²) in [4.78, 5) is 5.40. The zero-order chi connectivity index (χ0) is 21.0. The van der Waals surface area contributed by atoms with Crippen LogP contribution in [-0.4, -0.2) is 84.9 Å². The lowest BCUT2D eigenvalue weighted by Crippen LogP contribution is -2.51. The van der Waals surface area contributed by atoms with E-state index in [1.807, 2.05) is 0 Å². The predicted octanol–water partition coefficient (Wildman–Crippen LogP) is 3.77. The molecule has 0 saturated carbocycles. The first-order valence-electron chi connectivity index (χ1n) is 11.4. The average Bonchev–Trinajstić information content (AvgIpc) is 2.70. The highest BCUT2D eigenvalue weighted by Gasteiger charge is 2.29. The normalized spacial score (nSPS) is 23.5. The molecule has 0 bridgehead atoms. The molecular formula is C23H48N4O. The van der Waals surface area contributed by atoms with Crippen LogP contribution in [0.4, 0.5) is 0 Å². The van der Waals surface area contributed by atoms with Crippen LogP contribution in [0.5, 0.6) is 0 Å². The van der Waals surface area contributed by atoms with E-state index in [0.717, 1.165) is 32.3 Å². The molecule has 1 N–H and O–H groups in total. The topological polar surface area (TPSA) is 31.0 Å². The van der Waals surface area contributed by atoms with Crippen molar-refractivity contribution in [3.63, 3.8) is 0 Å². The Morgan fingerprint density at radius 1 is 0.857 bits per heavy atom. The molecule has 3 heterocycles. The second-order valence-corrected chi connectivity index (χ2v) is 9.37. The van der Waals surface area contributed by atoms with Gasteiger partial charge in [-0.15, -0.1) is 13.2 Å². The summed E-state index contributed by atoms with van der Waals surface area (Å²) in [6.45, 7) is 26.4. The van der Waals surface area contributed by atoms with Crippen molar-refractivity contribution in [2.45, 2.75) is 84.3 Å². The van der Waals surface area contributed by atoms with Crippen LogP contribution in [0.25, 0.3) is 0 Å². The largest absolute Gasteiger partial charge is 0.379 e. The fraction of sp³-hybridized carbons (Fsp3) is 0.913. The standard InChI is InChI=1S/C14H28N2.C7H16N2O.C2H4/c1-14(2,3)16-11-7-13(8-12-16)15-9-5-4-6-10-15;1-7(2)8-9-3-5-10-6-4-9;1-2/h13H,4-12H2,1-3H3;7-8H,3-6H2,1-2H3;1-2H2. The monoisotopic (exact) mass is 396 g/mol. The zero-order valence-corrected chi connectivity index (χ0v) is 19.5. The van der Waals surface area contributed by atoms with Crippen LogP contribution in [-0.2, 0) is 4.74 Å². The molecule has 3 saturated heterocycles. The van der Waals surface area contributed by atoms with Gasteiger partial charge in [-0.2, -0.15) is 0 Å². The van der Waals surface area contributed by atoms with Crippen molar-refractivity contribution in [2.75, 3.05) is 52.5 Å². The van der Waals surface area contributed by atoms with Crippen LogP contribution in [0.2, 0.25) is 0 Å². The number of morpholine rings is 1. The number of hydrogen-bond donors (Lipinski definition) is 1. The molecule has 0 atom stereocenters. The lowest BCUT2D eigenvalue weighted by atomic mass is 9.96. The molecule has 0 spiro atoms. The first-order valence-corrected chi connectivity index (χ1v) is 11.4. The summed E-state index contributed by atoms with van der Waals surface area (Å²) in [6, 6.07) is 1.43. The lowest BCUT2D eigenvalue weighted by Gasteiger charge is -2.44. The highest BCUT2D eigenvalue weighted by molar-refractivity contribution is 4.86. The van der Waals surface area contributed by atoms with Crippen molar-refractivity contribution >= 4 is 0 Å². The van der Waals surface area contributed by atoms with Gasteiger partial charge in [0.25, 0.3) is 0 Å². The van der Waals surface area contributed by atoms with Crippen molar-refractivity contribution in [3.05, 3.63) is 13.2 Å². The van der Waals surface area contributed by atoms with Gasteiger partial charge >= 0.3 is 0 Å². The van der Waals surface area contributed by atoms with Gasteiger partial charge in [0, 0.05) is 43.8 Å². The number of hydrazine groups is 1. The third-order valence-corrected chi connectivity index (χ3v) is 5.77. The summed E-state index contributed by atoms with van der Waals surface area (Å²) in [5.41, 5.74) is 3.70. The molecule has 3 aliphatic rings.